The first-order valence-corrected chi connectivity index (χ1v) is 7.05. The molecule has 0 aliphatic heterocycles. The smallest absolute Gasteiger partial charge is 0.163 e. The summed E-state index contributed by atoms with van der Waals surface area (Å²) < 4.78 is 0. The average Bonchev–Trinajstić information content (AvgIpc) is 2.51. The molecule has 1 aromatic carbocycles. The normalized spacial score (nSPS) is 16.1. The van der Waals surface area contributed by atoms with Crippen LogP contribution in [0.1, 0.15) is 19.3 Å². The van der Waals surface area contributed by atoms with Gasteiger partial charge in [0.05, 0.1) is 12.1 Å². The second kappa shape index (κ2) is 5.67. The molecule has 0 radical (unpaired) electrons. The van der Waals surface area contributed by atoms with E-state index in [-0.39, 0.29) is 12.1 Å². The largest absolute Gasteiger partial charge is 0.394 e. The summed E-state index contributed by atoms with van der Waals surface area (Å²) in [5.41, 5.74) is 3.23. The molecule has 21 heavy (non-hydrogen) atoms. The number of aliphatic hydroxyl groups is 1. The molecule has 1 aliphatic rings. The second-order valence-electron chi connectivity index (χ2n) is 5.39. The van der Waals surface area contributed by atoms with Gasteiger partial charge in [-0.1, -0.05) is 30.3 Å². The Hall–Kier alpha value is -2.18. The van der Waals surface area contributed by atoms with E-state index in [0.717, 1.165) is 24.8 Å². The van der Waals surface area contributed by atoms with Gasteiger partial charge in [-0.05, 0) is 19.3 Å². The maximum absolute atomic E-state index is 9.56. The van der Waals surface area contributed by atoms with Gasteiger partial charge in [-0.3, -0.25) is 0 Å². The van der Waals surface area contributed by atoms with Crippen LogP contribution < -0.4 is 16.6 Å². The SMILES string of the molecule is NNc1cc(NC2(CO)CCC2)nc(-c2ccccc2)n1. The van der Waals surface area contributed by atoms with Crippen LogP contribution in [0.5, 0.6) is 0 Å². The Balaban J connectivity index is 1.94. The third-order valence-electron chi connectivity index (χ3n) is 3.91. The molecule has 0 unspecified atom stereocenters. The number of aliphatic hydroxyl groups excluding tert-OH is 1. The van der Waals surface area contributed by atoms with Gasteiger partial charge in [-0.2, -0.15) is 0 Å². The van der Waals surface area contributed by atoms with Crippen LogP contribution >= 0.6 is 0 Å². The van der Waals surface area contributed by atoms with Gasteiger partial charge in [-0.15, -0.1) is 0 Å². The van der Waals surface area contributed by atoms with E-state index in [1.807, 2.05) is 30.3 Å². The number of aromatic nitrogens is 2. The minimum Gasteiger partial charge on any atom is -0.394 e. The number of hydrogen-bond acceptors (Lipinski definition) is 6. The average molecular weight is 285 g/mol. The van der Waals surface area contributed by atoms with Crippen molar-refractivity contribution >= 4 is 11.6 Å². The van der Waals surface area contributed by atoms with Crippen LogP contribution in [-0.4, -0.2) is 27.2 Å². The van der Waals surface area contributed by atoms with E-state index in [0.29, 0.717) is 17.5 Å². The number of benzene rings is 1. The second-order valence-corrected chi connectivity index (χ2v) is 5.39. The van der Waals surface area contributed by atoms with E-state index in [2.05, 4.69) is 20.7 Å². The quantitative estimate of drug-likeness (QED) is 0.494. The van der Waals surface area contributed by atoms with Crippen molar-refractivity contribution < 1.29 is 5.11 Å². The van der Waals surface area contributed by atoms with Crippen LogP contribution in [-0.2, 0) is 0 Å². The fourth-order valence-electron chi connectivity index (χ4n) is 2.50. The molecule has 6 heteroatoms. The fraction of sp³-hybridized carbons (Fsp3) is 0.333. The van der Waals surface area contributed by atoms with Crippen molar-refractivity contribution in [3.63, 3.8) is 0 Å². The Labute approximate surface area is 123 Å². The standard InChI is InChI=1S/C15H19N5O/c16-20-13-9-12(19-15(10-21)7-4-8-15)17-14(18-13)11-5-2-1-3-6-11/h1-3,5-6,9,21H,4,7-8,10,16H2,(H2,17,18,19,20). The molecule has 3 rings (SSSR count). The molecule has 0 bridgehead atoms. The van der Waals surface area contributed by atoms with Crippen LogP contribution in [0.3, 0.4) is 0 Å². The van der Waals surface area contributed by atoms with E-state index in [1.54, 1.807) is 6.07 Å². The summed E-state index contributed by atoms with van der Waals surface area (Å²) in [5, 5.41) is 12.9. The molecule has 1 aromatic heterocycles. The van der Waals surface area contributed by atoms with E-state index < -0.39 is 0 Å². The molecule has 0 atom stereocenters. The molecule has 1 aliphatic carbocycles. The highest BCUT2D eigenvalue weighted by Gasteiger charge is 2.36. The van der Waals surface area contributed by atoms with Crippen molar-refractivity contribution in [3.8, 4) is 11.4 Å². The molecule has 1 saturated carbocycles. The van der Waals surface area contributed by atoms with Crippen LogP contribution in [0.2, 0.25) is 0 Å². The van der Waals surface area contributed by atoms with E-state index >= 15 is 0 Å². The van der Waals surface area contributed by atoms with Crippen LogP contribution in [0.15, 0.2) is 36.4 Å². The Bertz CT molecular complexity index is 607. The Morgan fingerprint density at radius 3 is 2.43 bits per heavy atom. The molecular weight excluding hydrogens is 266 g/mol. The first-order chi connectivity index (χ1) is 10.2. The van der Waals surface area contributed by atoms with Gasteiger partial charge < -0.3 is 15.8 Å². The van der Waals surface area contributed by atoms with E-state index in [4.69, 9.17) is 5.84 Å². The molecule has 110 valence electrons. The highest BCUT2D eigenvalue weighted by Crippen LogP contribution is 2.35. The van der Waals surface area contributed by atoms with Crippen LogP contribution in [0, 0.1) is 0 Å². The molecule has 2 aromatic rings. The molecule has 0 saturated heterocycles. The summed E-state index contributed by atoms with van der Waals surface area (Å²) >= 11 is 0. The summed E-state index contributed by atoms with van der Waals surface area (Å²) in [6, 6.07) is 11.5. The van der Waals surface area contributed by atoms with Crippen molar-refractivity contribution in [1.82, 2.24) is 9.97 Å². The number of nitrogens with zero attached hydrogens (tertiary/aromatic N) is 2. The first kappa shape index (κ1) is 13.8. The third-order valence-corrected chi connectivity index (χ3v) is 3.91. The third kappa shape index (κ3) is 2.81. The predicted molar refractivity (Wildman–Crippen MR) is 82.6 cm³/mol. The minimum atomic E-state index is -0.256. The van der Waals surface area contributed by atoms with Gasteiger partial charge in [0.1, 0.15) is 11.6 Å². The fourth-order valence-corrected chi connectivity index (χ4v) is 2.50. The number of anilines is 2. The topological polar surface area (TPSA) is 96.1 Å². The number of hydrazine groups is 1. The summed E-state index contributed by atoms with van der Waals surface area (Å²) in [6.45, 7) is 0.100. The summed E-state index contributed by atoms with van der Waals surface area (Å²) in [7, 11) is 0. The zero-order valence-electron chi connectivity index (χ0n) is 11.7. The zero-order chi connectivity index (χ0) is 14.7. The van der Waals surface area contributed by atoms with Crippen molar-refractivity contribution in [3.05, 3.63) is 36.4 Å². The number of hydrogen-bond donors (Lipinski definition) is 4. The molecular formula is C15H19N5O. The van der Waals surface area contributed by atoms with Gasteiger partial charge in [0.15, 0.2) is 5.82 Å². The van der Waals surface area contributed by atoms with E-state index in [1.165, 1.54) is 0 Å². The minimum absolute atomic E-state index is 0.100. The number of nitrogens with two attached hydrogens (primary N) is 1. The molecule has 0 amide bonds. The predicted octanol–water partition coefficient (Wildman–Crippen LogP) is 1.76. The first-order valence-electron chi connectivity index (χ1n) is 7.05. The van der Waals surface area contributed by atoms with Crippen molar-refractivity contribution in [2.75, 3.05) is 17.3 Å². The Kier molecular flexibility index (Phi) is 3.72. The summed E-state index contributed by atoms with van der Waals surface area (Å²) in [4.78, 5) is 8.91. The van der Waals surface area contributed by atoms with Gasteiger partial charge in [-0.25, -0.2) is 15.8 Å². The maximum atomic E-state index is 9.56. The zero-order valence-corrected chi connectivity index (χ0v) is 11.7. The van der Waals surface area contributed by atoms with Gasteiger partial charge in [0, 0.05) is 11.6 Å². The van der Waals surface area contributed by atoms with Gasteiger partial charge >= 0.3 is 0 Å². The lowest BCUT2D eigenvalue weighted by Crippen LogP contribution is -2.48. The number of nitrogen functional groups attached to an aromatic ring is 1. The highest BCUT2D eigenvalue weighted by atomic mass is 16.3. The van der Waals surface area contributed by atoms with Gasteiger partial charge in [0.25, 0.3) is 0 Å². The lowest BCUT2D eigenvalue weighted by molar-refractivity contribution is 0.144. The lowest BCUT2D eigenvalue weighted by Gasteiger charge is -2.41. The highest BCUT2D eigenvalue weighted by molar-refractivity contribution is 5.61. The maximum Gasteiger partial charge on any atom is 0.163 e. The lowest BCUT2D eigenvalue weighted by atomic mass is 9.77. The number of nitrogens with one attached hydrogen (secondary N) is 2. The molecule has 1 heterocycles. The molecule has 0 spiro atoms. The monoisotopic (exact) mass is 285 g/mol. The summed E-state index contributed by atoms with van der Waals surface area (Å²) in [6.07, 6.45) is 3.01. The number of rotatable bonds is 5. The van der Waals surface area contributed by atoms with Crippen molar-refractivity contribution in [2.45, 2.75) is 24.8 Å². The molecule has 5 N–H and O–H groups in total. The van der Waals surface area contributed by atoms with Crippen LogP contribution in [0.25, 0.3) is 11.4 Å². The molecule has 6 nitrogen and oxygen atoms in total. The van der Waals surface area contributed by atoms with Crippen LogP contribution in [0.4, 0.5) is 11.6 Å². The van der Waals surface area contributed by atoms with E-state index in [9.17, 15) is 5.11 Å². The summed E-state index contributed by atoms with van der Waals surface area (Å²) in [5.74, 6) is 7.30. The van der Waals surface area contributed by atoms with Gasteiger partial charge in [0.2, 0.25) is 0 Å². The molecule has 1 fully saturated rings. The van der Waals surface area contributed by atoms with Crippen molar-refractivity contribution in [2.24, 2.45) is 5.84 Å². The Morgan fingerprint density at radius 1 is 1.14 bits per heavy atom. The van der Waals surface area contributed by atoms with Crippen molar-refractivity contribution in [1.29, 1.82) is 0 Å². The Morgan fingerprint density at radius 2 is 1.86 bits per heavy atom.